The van der Waals surface area contributed by atoms with Crippen LogP contribution in [0.5, 0.6) is 0 Å². The number of nitrogens with zero attached hydrogens (tertiary/aromatic N) is 3. The molecule has 0 radical (unpaired) electrons. The molecule has 0 unspecified atom stereocenters. The van der Waals surface area contributed by atoms with Crippen molar-refractivity contribution in [3.05, 3.63) is 70.5 Å². The Labute approximate surface area is 200 Å². The molecule has 0 bridgehead atoms. The fourth-order valence-electron chi connectivity index (χ4n) is 4.44. The number of aromatic nitrogens is 2. The molecule has 0 aliphatic carbocycles. The van der Waals surface area contributed by atoms with Gasteiger partial charge in [-0.15, -0.1) is 0 Å². The first kappa shape index (κ1) is 24.0. The van der Waals surface area contributed by atoms with Crippen molar-refractivity contribution in [2.75, 3.05) is 31.1 Å². The molecule has 1 aromatic heterocycles. The monoisotopic (exact) mass is 462 g/mol. The van der Waals surface area contributed by atoms with E-state index in [1.54, 1.807) is 4.57 Å². The molecule has 0 spiro atoms. The molecule has 180 valence electrons. The topological polar surface area (TPSA) is 76.5 Å². The number of rotatable bonds is 9. The average Bonchev–Trinajstić information content (AvgIpc) is 2.86. The summed E-state index contributed by atoms with van der Waals surface area (Å²) in [5, 5.41) is 3.04. The summed E-state index contributed by atoms with van der Waals surface area (Å²) in [5.74, 6) is 0.312. The second-order valence-corrected chi connectivity index (χ2v) is 9.15. The van der Waals surface area contributed by atoms with Gasteiger partial charge in [0.1, 0.15) is 0 Å². The number of nitrogens with one attached hydrogen (secondary N) is 1. The van der Waals surface area contributed by atoms with Gasteiger partial charge in [-0.25, -0.2) is 4.98 Å². The Morgan fingerprint density at radius 3 is 2.71 bits per heavy atom. The minimum absolute atomic E-state index is 0.0413. The summed E-state index contributed by atoms with van der Waals surface area (Å²) in [4.78, 5) is 33.1. The molecule has 1 atom stereocenters. The first-order chi connectivity index (χ1) is 16.5. The predicted octanol–water partition coefficient (Wildman–Crippen LogP) is 3.59. The van der Waals surface area contributed by atoms with E-state index < -0.39 is 0 Å². The van der Waals surface area contributed by atoms with Gasteiger partial charge < -0.3 is 15.0 Å². The van der Waals surface area contributed by atoms with E-state index in [2.05, 4.69) is 5.32 Å². The largest absolute Gasteiger partial charge is 0.379 e. The number of ether oxygens (including phenoxy) is 1. The molecule has 1 aliphatic rings. The van der Waals surface area contributed by atoms with Crippen LogP contribution >= 0.6 is 0 Å². The fourth-order valence-corrected chi connectivity index (χ4v) is 4.44. The van der Waals surface area contributed by atoms with Gasteiger partial charge in [0.2, 0.25) is 5.91 Å². The predicted molar refractivity (Wildman–Crippen MR) is 135 cm³/mol. The molecular weight excluding hydrogens is 428 g/mol. The zero-order valence-corrected chi connectivity index (χ0v) is 20.1. The Bertz CT molecular complexity index is 1160. The van der Waals surface area contributed by atoms with E-state index in [0.717, 1.165) is 42.4 Å². The molecule has 0 saturated carbocycles. The number of fused-ring (bicyclic) bond motifs is 1. The lowest BCUT2D eigenvalue weighted by atomic mass is 9.97. The third kappa shape index (κ3) is 5.83. The Morgan fingerprint density at radius 2 is 1.91 bits per heavy atom. The molecule has 34 heavy (non-hydrogen) atoms. The van der Waals surface area contributed by atoms with E-state index in [9.17, 15) is 9.59 Å². The second kappa shape index (κ2) is 11.3. The highest BCUT2D eigenvalue weighted by Gasteiger charge is 2.28. The van der Waals surface area contributed by atoms with Crippen molar-refractivity contribution in [1.82, 2.24) is 14.9 Å². The van der Waals surface area contributed by atoms with Crippen LogP contribution in [0.15, 0.2) is 59.4 Å². The lowest BCUT2D eigenvalue weighted by Gasteiger charge is -2.32. The van der Waals surface area contributed by atoms with Gasteiger partial charge in [0, 0.05) is 26.2 Å². The van der Waals surface area contributed by atoms with E-state index in [4.69, 9.17) is 9.72 Å². The first-order valence-corrected chi connectivity index (χ1v) is 12.2. The summed E-state index contributed by atoms with van der Waals surface area (Å²) < 4.78 is 7.34. The maximum atomic E-state index is 13.6. The highest BCUT2D eigenvalue weighted by molar-refractivity contribution is 5.80. The molecule has 2 aromatic carbocycles. The Balaban J connectivity index is 1.52. The molecule has 2 heterocycles. The van der Waals surface area contributed by atoms with Crippen molar-refractivity contribution in [3.63, 3.8) is 0 Å². The van der Waals surface area contributed by atoms with Gasteiger partial charge in [-0.3, -0.25) is 14.2 Å². The molecule has 1 N–H and O–H groups in total. The van der Waals surface area contributed by atoms with Gasteiger partial charge in [0.05, 0.1) is 29.6 Å². The minimum atomic E-state index is -0.157. The zero-order valence-electron chi connectivity index (χ0n) is 20.1. The number of benzene rings is 2. The molecule has 1 saturated heterocycles. The Morgan fingerprint density at radius 1 is 1.15 bits per heavy atom. The van der Waals surface area contributed by atoms with Crippen molar-refractivity contribution in [2.24, 2.45) is 5.92 Å². The lowest BCUT2D eigenvalue weighted by Crippen LogP contribution is -2.46. The second-order valence-electron chi connectivity index (χ2n) is 9.15. The third-order valence-corrected chi connectivity index (χ3v) is 6.18. The van der Waals surface area contributed by atoms with Crippen LogP contribution in [0, 0.1) is 5.92 Å². The number of para-hydroxylation sites is 2. The molecule has 1 fully saturated rings. The average molecular weight is 463 g/mol. The molecule has 7 nitrogen and oxygen atoms in total. The third-order valence-electron chi connectivity index (χ3n) is 6.18. The number of anilines is 1. The highest BCUT2D eigenvalue weighted by atomic mass is 16.5. The van der Waals surface area contributed by atoms with Crippen molar-refractivity contribution in [1.29, 1.82) is 0 Å². The summed E-state index contributed by atoms with van der Waals surface area (Å²) in [6.07, 6.45) is 2.65. The number of carbonyl (C=O) groups is 1. The van der Waals surface area contributed by atoms with E-state index in [1.165, 1.54) is 0 Å². The van der Waals surface area contributed by atoms with Gasteiger partial charge in [-0.2, -0.15) is 0 Å². The van der Waals surface area contributed by atoms with Crippen LogP contribution in [0.4, 0.5) is 5.82 Å². The minimum Gasteiger partial charge on any atom is -0.379 e. The molecule has 1 amide bonds. The normalized spacial score (nSPS) is 16.2. The maximum Gasteiger partial charge on any atom is 0.294 e. The number of hydrogen-bond acceptors (Lipinski definition) is 5. The van der Waals surface area contributed by atoms with Crippen LogP contribution in [-0.4, -0.2) is 47.8 Å². The Hall–Kier alpha value is -3.19. The van der Waals surface area contributed by atoms with Crippen LogP contribution in [0.2, 0.25) is 0 Å². The van der Waals surface area contributed by atoms with E-state index in [0.29, 0.717) is 32.1 Å². The molecule has 3 aromatic rings. The van der Waals surface area contributed by atoms with Crippen molar-refractivity contribution >= 4 is 22.8 Å². The molecule has 1 aliphatic heterocycles. The van der Waals surface area contributed by atoms with Crippen LogP contribution in [0.25, 0.3) is 11.0 Å². The van der Waals surface area contributed by atoms with Gasteiger partial charge >= 0.3 is 0 Å². The number of amides is 1. The SMILES string of the molecule is CC(C)OCCCNC(=O)[C@H]1CCCN(c2nc3ccccc3n(Cc3ccccc3)c2=O)C1. The zero-order chi connectivity index (χ0) is 23.9. The number of hydrogen-bond donors (Lipinski definition) is 1. The molecule has 4 rings (SSSR count). The first-order valence-electron chi connectivity index (χ1n) is 12.2. The van der Waals surface area contributed by atoms with Crippen LogP contribution in [-0.2, 0) is 16.1 Å². The van der Waals surface area contributed by atoms with Crippen molar-refractivity contribution in [3.8, 4) is 0 Å². The van der Waals surface area contributed by atoms with Gasteiger partial charge in [0.25, 0.3) is 5.56 Å². The number of carbonyl (C=O) groups excluding carboxylic acids is 1. The standard InChI is InChI=1S/C27H34N4O3/c1-20(2)34-17-9-15-28-26(32)22-12-8-16-30(19-22)25-27(33)31(18-21-10-4-3-5-11-21)24-14-7-6-13-23(24)29-25/h3-7,10-11,13-14,20,22H,8-9,12,15-19H2,1-2H3,(H,28,32)/t22-/m0/s1. The van der Waals surface area contributed by atoms with Crippen LogP contribution < -0.4 is 15.8 Å². The number of piperidine rings is 1. The fraction of sp³-hybridized carbons (Fsp3) is 0.444. The highest BCUT2D eigenvalue weighted by Crippen LogP contribution is 2.22. The smallest absolute Gasteiger partial charge is 0.294 e. The van der Waals surface area contributed by atoms with Crippen molar-refractivity contribution < 1.29 is 9.53 Å². The summed E-state index contributed by atoms with van der Waals surface area (Å²) in [6.45, 7) is 6.94. The summed E-state index contributed by atoms with van der Waals surface area (Å²) >= 11 is 0. The summed E-state index contributed by atoms with van der Waals surface area (Å²) in [7, 11) is 0. The van der Waals surface area contributed by atoms with E-state index in [1.807, 2.05) is 73.3 Å². The van der Waals surface area contributed by atoms with Gasteiger partial charge in [-0.05, 0) is 50.8 Å². The van der Waals surface area contributed by atoms with E-state index >= 15 is 0 Å². The molecule has 7 heteroatoms. The van der Waals surface area contributed by atoms with Crippen LogP contribution in [0.3, 0.4) is 0 Å². The van der Waals surface area contributed by atoms with Gasteiger partial charge in [0.15, 0.2) is 5.82 Å². The Kier molecular flexibility index (Phi) is 7.95. The summed E-state index contributed by atoms with van der Waals surface area (Å²) in [6, 6.07) is 17.7. The molecular formula is C27H34N4O3. The van der Waals surface area contributed by atoms with Gasteiger partial charge in [-0.1, -0.05) is 42.5 Å². The quantitative estimate of drug-likeness (QED) is 0.492. The lowest BCUT2D eigenvalue weighted by molar-refractivity contribution is -0.125. The maximum absolute atomic E-state index is 13.6. The van der Waals surface area contributed by atoms with E-state index in [-0.39, 0.29) is 23.5 Å². The summed E-state index contributed by atoms with van der Waals surface area (Å²) in [5.41, 5.74) is 2.54. The van der Waals surface area contributed by atoms with Crippen LogP contribution in [0.1, 0.15) is 38.7 Å². The van der Waals surface area contributed by atoms with Crippen molar-refractivity contribution in [2.45, 2.75) is 45.8 Å².